The molecule has 0 saturated carbocycles. The van der Waals surface area contributed by atoms with Crippen LogP contribution in [-0.4, -0.2) is 28.8 Å². The fourth-order valence-corrected chi connectivity index (χ4v) is 1.65. The van der Waals surface area contributed by atoms with Crippen LogP contribution in [0.25, 0.3) is 0 Å². The number of carbonyl (C=O) groups is 1. The van der Waals surface area contributed by atoms with Crippen LogP contribution in [0, 0.1) is 10.1 Å². The van der Waals surface area contributed by atoms with E-state index < -0.39 is 10.8 Å². The number of phenolic OH excluding ortho intramolecular Hbond substituents is 1. The van der Waals surface area contributed by atoms with Gasteiger partial charge in [-0.15, -0.1) is 0 Å². The summed E-state index contributed by atoms with van der Waals surface area (Å²) < 4.78 is 5.13. The number of aromatic hydroxyl groups is 1. The molecule has 0 bridgehead atoms. The first-order valence-electron chi connectivity index (χ1n) is 6.53. The van der Waals surface area contributed by atoms with Gasteiger partial charge in [0.25, 0.3) is 11.6 Å². The fourth-order valence-electron chi connectivity index (χ4n) is 1.65. The van der Waals surface area contributed by atoms with Crippen molar-refractivity contribution in [2.24, 2.45) is 5.10 Å². The monoisotopic (exact) mass is 315 g/mol. The standard InChI is InChI=1S/C15H13N3O5/c19-13-6-1-2-7-14(13)23-10-15(20)17-16-9-11-4-3-5-12(8-11)18(21)22/h1-9,19H,10H2,(H,17,20). The van der Waals surface area contributed by atoms with E-state index in [1.165, 1.54) is 36.5 Å². The Balaban J connectivity index is 1.85. The molecule has 0 aliphatic carbocycles. The van der Waals surface area contributed by atoms with E-state index >= 15 is 0 Å². The molecule has 0 aliphatic rings. The van der Waals surface area contributed by atoms with Gasteiger partial charge in [0.1, 0.15) is 0 Å². The summed E-state index contributed by atoms with van der Waals surface area (Å²) in [5.41, 5.74) is 2.63. The van der Waals surface area contributed by atoms with Crippen LogP contribution < -0.4 is 10.2 Å². The molecule has 8 nitrogen and oxygen atoms in total. The first-order valence-corrected chi connectivity index (χ1v) is 6.53. The largest absolute Gasteiger partial charge is 0.504 e. The van der Waals surface area contributed by atoms with E-state index in [-0.39, 0.29) is 23.8 Å². The Labute approximate surface area is 131 Å². The van der Waals surface area contributed by atoms with E-state index in [9.17, 15) is 20.0 Å². The van der Waals surface area contributed by atoms with E-state index in [0.29, 0.717) is 5.56 Å². The van der Waals surface area contributed by atoms with E-state index in [1.54, 1.807) is 18.2 Å². The molecule has 0 atom stereocenters. The minimum atomic E-state index is -0.532. The Morgan fingerprint density at radius 3 is 2.83 bits per heavy atom. The van der Waals surface area contributed by atoms with Crippen molar-refractivity contribution in [3.8, 4) is 11.5 Å². The lowest BCUT2D eigenvalue weighted by Crippen LogP contribution is -2.24. The number of nitro benzene ring substituents is 1. The average molecular weight is 315 g/mol. The van der Waals surface area contributed by atoms with Crippen LogP contribution in [-0.2, 0) is 4.79 Å². The molecule has 0 aromatic heterocycles. The van der Waals surface area contributed by atoms with Crippen LogP contribution in [0.2, 0.25) is 0 Å². The van der Waals surface area contributed by atoms with Crippen molar-refractivity contribution >= 4 is 17.8 Å². The predicted molar refractivity (Wildman–Crippen MR) is 82.4 cm³/mol. The minimum Gasteiger partial charge on any atom is -0.504 e. The number of hydrogen-bond acceptors (Lipinski definition) is 6. The average Bonchev–Trinajstić information content (AvgIpc) is 2.54. The summed E-state index contributed by atoms with van der Waals surface area (Å²) in [6, 6.07) is 12.1. The summed E-state index contributed by atoms with van der Waals surface area (Å²) in [6.45, 7) is -0.330. The number of non-ortho nitro benzene ring substituents is 1. The van der Waals surface area contributed by atoms with Gasteiger partial charge in [-0.25, -0.2) is 5.43 Å². The summed E-state index contributed by atoms with van der Waals surface area (Å²) in [5.74, 6) is -0.416. The third kappa shape index (κ3) is 4.81. The van der Waals surface area contributed by atoms with Gasteiger partial charge < -0.3 is 9.84 Å². The lowest BCUT2D eigenvalue weighted by Gasteiger charge is -2.06. The summed E-state index contributed by atoms with van der Waals surface area (Å²) >= 11 is 0. The Morgan fingerprint density at radius 2 is 2.09 bits per heavy atom. The molecular formula is C15H13N3O5. The molecule has 118 valence electrons. The normalized spacial score (nSPS) is 10.4. The van der Waals surface area contributed by atoms with Gasteiger partial charge in [-0.3, -0.25) is 14.9 Å². The van der Waals surface area contributed by atoms with Gasteiger partial charge >= 0.3 is 0 Å². The smallest absolute Gasteiger partial charge is 0.277 e. The van der Waals surface area contributed by atoms with Crippen molar-refractivity contribution in [1.82, 2.24) is 5.43 Å². The number of hydrazone groups is 1. The molecular weight excluding hydrogens is 302 g/mol. The third-order valence-corrected chi connectivity index (χ3v) is 2.71. The second-order valence-corrected chi connectivity index (χ2v) is 4.40. The number of para-hydroxylation sites is 2. The van der Waals surface area contributed by atoms with Crippen molar-refractivity contribution in [2.75, 3.05) is 6.61 Å². The molecule has 0 spiro atoms. The number of rotatable bonds is 6. The quantitative estimate of drug-likeness (QED) is 0.479. The first kappa shape index (κ1) is 16.0. The van der Waals surface area contributed by atoms with Crippen LogP contribution in [0.5, 0.6) is 11.5 Å². The van der Waals surface area contributed by atoms with E-state index in [0.717, 1.165) is 0 Å². The van der Waals surface area contributed by atoms with Crippen LogP contribution >= 0.6 is 0 Å². The van der Waals surface area contributed by atoms with Crippen LogP contribution in [0.15, 0.2) is 53.6 Å². The van der Waals surface area contributed by atoms with Crippen molar-refractivity contribution in [3.05, 3.63) is 64.2 Å². The van der Waals surface area contributed by atoms with Gasteiger partial charge in [-0.05, 0) is 12.1 Å². The highest BCUT2D eigenvalue weighted by Gasteiger charge is 2.06. The fraction of sp³-hybridized carbons (Fsp3) is 0.0667. The highest BCUT2D eigenvalue weighted by molar-refractivity contribution is 5.83. The van der Waals surface area contributed by atoms with E-state index in [2.05, 4.69) is 10.5 Å². The molecule has 0 fully saturated rings. The molecule has 23 heavy (non-hydrogen) atoms. The number of phenols is 1. The topological polar surface area (TPSA) is 114 Å². The van der Waals surface area contributed by atoms with E-state index in [4.69, 9.17) is 4.74 Å². The number of nitro groups is 1. The van der Waals surface area contributed by atoms with Crippen molar-refractivity contribution in [2.45, 2.75) is 0 Å². The van der Waals surface area contributed by atoms with Gasteiger partial charge in [-0.2, -0.15) is 5.10 Å². The van der Waals surface area contributed by atoms with E-state index in [1.807, 2.05) is 0 Å². The zero-order valence-corrected chi connectivity index (χ0v) is 11.9. The summed E-state index contributed by atoms with van der Waals surface area (Å²) in [6.07, 6.45) is 1.28. The summed E-state index contributed by atoms with van der Waals surface area (Å²) in [7, 11) is 0. The molecule has 1 amide bonds. The Morgan fingerprint density at radius 1 is 1.30 bits per heavy atom. The van der Waals surface area contributed by atoms with Gasteiger partial charge in [-0.1, -0.05) is 24.3 Å². The Bertz CT molecular complexity index is 745. The summed E-state index contributed by atoms with van der Waals surface area (Å²) in [4.78, 5) is 21.7. The van der Waals surface area contributed by atoms with Crippen LogP contribution in [0.4, 0.5) is 5.69 Å². The Kier molecular flexibility index (Phi) is 5.24. The molecule has 0 radical (unpaired) electrons. The highest BCUT2D eigenvalue weighted by atomic mass is 16.6. The SMILES string of the molecule is O=C(COc1ccccc1O)NN=Cc1cccc([N+](=O)[O-])c1. The maximum atomic E-state index is 11.6. The van der Waals surface area contributed by atoms with Crippen molar-refractivity contribution in [1.29, 1.82) is 0 Å². The number of nitrogens with zero attached hydrogens (tertiary/aromatic N) is 2. The third-order valence-electron chi connectivity index (χ3n) is 2.71. The molecule has 2 rings (SSSR count). The number of nitrogens with one attached hydrogen (secondary N) is 1. The van der Waals surface area contributed by atoms with Gasteiger partial charge in [0.05, 0.1) is 11.1 Å². The molecule has 0 aliphatic heterocycles. The molecule has 2 aromatic carbocycles. The Hall–Kier alpha value is -3.42. The molecule has 2 aromatic rings. The van der Waals surface area contributed by atoms with Gasteiger partial charge in [0, 0.05) is 17.7 Å². The zero-order valence-electron chi connectivity index (χ0n) is 11.9. The van der Waals surface area contributed by atoms with Gasteiger partial charge in [0.15, 0.2) is 18.1 Å². The minimum absolute atomic E-state index is 0.0665. The molecule has 0 saturated heterocycles. The highest BCUT2D eigenvalue weighted by Crippen LogP contribution is 2.23. The zero-order chi connectivity index (χ0) is 16.7. The van der Waals surface area contributed by atoms with Gasteiger partial charge in [0.2, 0.25) is 0 Å². The number of carbonyl (C=O) groups excluding carboxylic acids is 1. The second kappa shape index (κ2) is 7.55. The lowest BCUT2D eigenvalue weighted by molar-refractivity contribution is -0.384. The van der Waals surface area contributed by atoms with Crippen molar-refractivity contribution < 1.29 is 19.6 Å². The predicted octanol–water partition coefficient (Wildman–Crippen LogP) is 1.83. The number of amides is 1. The van der Waals surface area contributed by atoms with Crippen LogP contribution in [0.3, 0.4) is 0 Å². The maximum absolute atomic E-state index is 11.6. The molecule has 0 heterocycles. The second-order valence-electron chi connectivity index (χ2n) is 4.40. The molecule has 8 heteroatoms. The molecule has 0 unspecified atom stereocenters. The summed E-state index contributed by atoms with van der Waals surface area (Å²) in [5, 5.41) is 23.8. The van der Waals surface area contributed by atoms with Crippen molar-refractivity contribution in [3.63, 3.8) is 0 Å². The lowest BCUT2D eigenvalue weighted by atomic mass is 10.2. The maximum Gasteiger partial charge on any atom is 0.277 e. The number of hydrogen-bond donors (Lipinski definition) is 2. The number of benzene rings is 2. The molecule has 2 N–H and O–H groups in total. The number of ether oxygens (including phenoxy) is 1. The van der Waals surface area contributed by atoms with Crippen LogP contribution in [0.1, 0.15) is 5.56 Å². The first-order chi connectivity index (χ1) is 11.1.